The van der Waals surface area contributed by atoms with Crippen molar-refractivity contribution in [1.29, 1.82) is 0 Å². The average molecular weight is 326 g/mol. The normalized spacial score (nSPS) is 10.5. The second-order valence-electron chi connectivity index (χ2n) is 5.29. The van der Waals surface area contributed by atoms with Gasteiger partial charge >= 0.3 is 0 Å². The average Bonchev–Trinajstić information content (AvgIpc) is 2.97. The summed E-state index contributed by atoms with van der Waals surface area (Å²) in [4.78, 5) is 0. The fraction of sp³-hybridized carbons (Fsp3) is 0.176. The molecule has 0 atom stereocenters. The van der Waals surface area contributed by atoms with Gasteiger partial charge in [-0.2, -0.15) is 5.10 Å². The van der Waals surface area contributed by atoms with Crippen LogP contribution in [0.5, 0.6) is 5.75 Å². The van der Waals surface area contributed by atoms with E-state index in [0.717, 1.165) is 11.3 Å². The molecule has 3 rings (SSSR count). The molecular formula is C17H18N4OS. The summed E-state index contributed by atoms with van der Waals surface area (Å²) in [7, 11) is 0. The quantitative estimate of drug-likeness (QED) is 0.680. The number of benzene rings is 2. The molecule has 0 fully saturated rings. The highest BCUT2D eigenvalue weighted by Gasteiger charge is 2.00. The van der Waals surface area contributed by atoms with Gasteiger partial charge in [0.05, 0.1) is 6.54 Å². The number of hydrogen-bond donors (Lipinski definition) is 2. The molecule has 118 valence electrons. The maximum Gasteiger partial charge on any atom is 0.214 e. The van der Waals surface area contributed by atoms with Crippen molar-refractivity contribution in [1.82, 2.24) is 14.9 Å². The maximum absolute atomic E-state index is 5.87. The second-order valence-corrected chi connectivity index (χ2v) is 5.68. The molecule has 0 bridgehead atoms. The molecule has 0 aliphatic rings. The SMILES string of the molecule is Cc1cccc(COc2cccc(CNn3cn[nH]c3=S)c2)c1. The fourth-order valence-corrected chi connectivity index (χ4v) is 2.42. The highest BCUT2D eigenvalue weighted by Crippen LogP contribution is 2.16. The Morgan fingerprint density at radius 2 is 2.00 bits per heavy atom. The molecule has 0 spiro atoms. The molecule has 0 aliphatic carbocycles. The van der Waals surface area contributed by atoms with Crippen molar-refractivity contribution in [3.8, 4) is 5.75 Å². The van der Waals surface area contributed by atoms with Gasteiger partial charge in [0.1, 0.15) is 18.7 Å². The lowest BCUT2D eigenvalue weighted by Gasteiger charge is -2.10. The lowest BCUT2D eigenvalue weighted by atomic mass is 10.1. The van der Waals surface area contributed by atoms with Gasteiger partial charge in [0.25, 0.3) is 0 Å². The van der Waals surface area contributed by atoms with E-state index in [9.17, 15) is 0 Å². The summed E-state index contributed by atoms with van der Waals surface area (Å²) in [6, 6.07) is 16.3. The second kappa shape index (κ2) is 7.11. The number of aromatic amines is 1. The predicted molar refractivity (Wildman–Crippen MR) is 92.4 cm³/mol. The number of nitrogens with one attached hydrogen (secondary N) is 2. The Morgan fingerprint density at radius 1 is 1.17 bits per heavy atom. The first-order chi connectivity index (χ1) is 11.2. The minimum Gasteiger partial charge on any atom is -0.489 e. The first-order valence-electron chi connectivity index (χ1n) is 7.34. The molecule has 1 heterocycles. The molecule has 0 unspecified atom stereocenters. The third-order valence-corrected chi connectivity index (χ3v) is 3.68. The number of nitrogens with zero attached hydrogens (tertiary/aromatic N) is 2. The zero-order valence-electron chi connectivity index (χ0n) is 12.8. The lowest BCUT2D eigenvalue weighted by molar-refractivity contribution is 0.306. The van der Waals surface area contributed by atoms with Crippen molar-refractivity contribution >= 4 is 12.2 Å². The van der Waals surface area contributed by atoms with Gasteiger partial charge in [0.15, 0.2) is 0 Å². The first kappa shape index (κ1) is 15.3. The molecule has 6 heteroatoms. The van der Waals surface area contributed by atoms with Crippen LogP contribution in [0.15, 0.2) is 54.9 Å². The Morgan fingerprint density at radius 3 is 2.78 bits per heavy atom. The van der Waals surface area contributed by atoms with Crippen LogP contribution in [0.1, 0.15) is 16.7 Å². The summed E-state index contributed by atoms with van der Waals surface area (Å²) in [5.41, 5.74) is 6.69. The van der Waals surface area contributed by atoms with Crippen LogP contribution in [0.25, 0.3) is 0 Å². The third-order valence-electron chi connectivity index (χ3n) is 3.39. The number of ether oxygens (including phenoxy) is 1. The van der Waals surface area contributed by atoms with Crippen molar-refractivity contribution in [2.45, 2.75) is 20.1 Å². The molecule has 23 heavy (non-hydrogen) atoms. The van der Waals surface area contributed by atoms with Gasteiger partial charge in [-0.3, -0.25) is 5.10 Å². The van der Waals surface area contributed by atoms with Crippen LogP contribution < -0.4 is 10.2 Å². The Kier molecular flexibility index (Phi) is 4.73. The summed E-state index contributed by atoms with van der Waals surface area (Å²) in [5.74, 6) is 0.849. The van der Waals surface area contributed by atoms with E-state index in [1.54, 1.807) is 11.0 Å². The highest BCUT2D eigenvalue weighted by molar-refractivity contribution is 7.71. The Labute approximate surface area is 139 Å². The topological polar surface area (TPSA) is 54.9 Å². The van der Waals surface area contributed by atoms with E-state index in [2.05, 4.69) is 40.7 Å². The summed E-state index contributed by atoms with van der Waals surface area (Å²) in [6.45, 7) is 3.28. The first-order valence-corrected chi connectivity index (χ1v) is 7.75. The monoisotopic (exact) mass is 326 g/mol. The number of rotatable bonds is 6. The van der Waals surface area contributed by atoms with Crippen molar-refractivity contribution in [2.75, 3.05) is 5.43 Å². The van der Waals surface area contributed by atoms with E-state index in [1.165, 1.54) is 11.1 Å². The van der Waals surface area contributed by atoms with E-state index < -0.39 is 0 Å². The maximum atomic E-state index is 5.87. The van der Waals surface area contributed by atoms with Crippen molar-refractivity contribution in [2.24, 2.45) is 0 Å². The van der Waals surface area contributed by atoms with Crippen LogP contribution in [0.3, 0.4) is 0 Å². The molecule has 3 aromatic rings. The number of hydrogen-bond acceptors (Lipinski definition) is 4. The van der Waals surface area contributed by atoms with Gasteiger partial charge in [-0.25, -0.2) is 4.68 Å². The number of aryl methyl sites for hydroxylation is 1. The minimum absolute atomic E-state index is 0.539. The lowest BCUT2D eigenvalue weighted by Crippen LogP contribution is -2.13. The van der Waals surface area contributed by atoms with E-state index in [1.807, 2.05) is 30.3 Å². The summed E-state index contributed by atoms with van der Waals surface area (Å²) in [5, 5.41) is 6.57. The van der Waals surface area contributed by atoms with E-state index >= 15 is 0 Å². The predicted octanol–water partition coefficient (Wildman–Crippen LogP) is 3.57. The van der Waals surface area contributed by atoms with Gasteiger partial charge in [-0.1, -0.05) is 42.0 Å². The Hall–Kier alpha value is -2.60. The standard InChI is InChI=1S/C17H18N4OS/c1-13-4-2-6-15(8-13)11-22-16-7-3-5-14(9-16)10-19-21-12-18-20-17(21)23/h2-9,12,19H,10-11H2,1H3,(H,20,23). The summed E-state index contributed by atoms with van der Waals surface area (Å²) >= 11 is 5.09. The van der Waals surface area contributed by atoms with E-state index in [4.69, 9.17) is 17.0 Å². The molecule has 1 aromatic heterocycles. The molecule has 0 saturated carbocycles. The van der Waals surface area contributed by atoms with Crippen LogP contribution in [-0.4, -0.2) is 14.9 Å². The van der Waals surface area contributed by atoms with Gasteiger partial charge in [0.2, 0.25) is 4.77 Å². The number of H-pyrrole nitrogens is 1. The van der Waals surface area contributed by atoms with Gasteiger partial charge in [0, 0.05) is 0 Å². The molecular weight excluding hydrogens is 308 g/mol. The van der Waals surface area contributed by atoms with Crippen LogP contribution in [-0.2, 0) is 13.2 Å². The van der Waals surface area contributed by atoms with Gasteiger partial charge in [-0.15, -0.1) is 0 Å². The highest BCUT2D eigenvalue weighted by atomic mass is 32.1. The number of aromatic nitrogens is 3. The molecule has 0 radical (unpaired) electrons. The largest absolute Gasteiger partial charge is 0.489 e. The minimum atomic E-state index is 0.539. The third kappa shape index (κ3) is 4.20. The van der Waals surface area contributed by atoms with Crippen LogP contribution >= 0.6 is 12.2 Å². The smallest absolute Gasteiger partial charge is 0.214 e. The zero-order chi connectivity index (χ0) is 16.1. The van der Waals surface area contributed by atoms with Crippen LogP contribution in [0.2, 0.25) is 0 Å². The van der Waals surface area contributed by atoms with Crippen molar-refractivity contribution < 1.29 is 4.74 Å². The van der Waals surface area contributed by atoms with Crippen molar-refractivity contribution in [3.63, 3.8) is 0 Å². The summed E-state index contributed by atoms with van der Waals surface area (Å²) < 4.78 is 8.09. The zero-order valence-corrected chi connectivity index (χ0v) is 13.6. The molecule has 0 amide bonds. The molecule has 2 aromatic carbocycles. The Bertz CT molecular complexity index is 840. The van der Waals surface area contributed by atoms with Gasteiger partial charge < -0.3 is 10.2 Å². The molecule has 0 saturated heterocycles. The van der Waals surface area contributed by atoms with Crippen LogP contribution in [0, 0.1) is 11.7 Å². The molecule has 2 N–H and O–H groups in total. The summed E-state index contributed by atoms with van der Waals surface area (Å²) in [6.07, 6.45) is 1.61. The Balaban J connectivity index is 1.61. The molecule has 5 nitrogen and oxygen atoms in total. The van der Waals surface area contributed by atoms with E-state index in [-0.39, 0.29) is 0 Å². The fourth-order valence-electron chi connectivity index (χ4n) is 2.25. The molecule has 0 aliphatic heterocycles. The van der Waals surface area contributed by atoms with E-state index in [0.29, 0.717) is 17.9 Å². The van der Waals surface area contributed by atoms with Crippen molar-refractivity contribution in [3.05, 3.63) is 76.3 Å². The van der Waals surface area contributed by atoms with Gasteiger partial charge in [-0.05, 0) is 42.4 Å². The van der Waals surface area contributed by atoms with Crippen LogP contribution in [0.4, 0.5) is 0 Å².